The summed E-state index contributed by atoms with van der Waals surface area (Å²) in [7, 11) is 0. The van der Waals surface area contributed by atoms with Crippen molar-refractivity contribution >= 4 is 27.0 Å². The molecule has 0 bridgehead atoms. The molecule has 1 aromatic carbocycles. The highest BCUT2D eigenvalue weighted by atomic mass is 127. The van der Waals surface area contributed by atoms with E-state index >= 15 is 0 Å². The van der Waals surface area contributed by atoms with Crippen LogP contribution in [0.15, 0.2) is 51.6 Å². The van der Waals surface area contributed by atoms with Crippen molar-refractivity contribution in [2.24, 2.45) is 0 Å². The monoisotopic (exact) mass is 444 g/mol. The minimum atomic E-state index is 0. The Morgan fingerprint density at radius 2 is 2.05 bits per heavy atom. The van der Waals surface area contributed by atoms with Crippen molar-refractivity contribution in [2.75, 3.05) is 0 Å². The first kappa shape index (κ1) is 15.4. The molecule has 3 aromatic rings. The lowest BCUT2D eigenvalue weighted by Crippen LogP contribution is -3.00. The second-order valence-corrected chi connectivity index (χ2v) is 5.38. The number of fused-ring (bicyclic) bond motifs is 1. The van der Waals surface area contributed by atoms with Gasteiger partial charge >= 0.3 is 0 Å². The summed E-state index contributed by atoms with van der Waals surface area (Å²) in [6, 6.07) is 9.84. The van der Waals surface area contributed by atoms with Gasteiger partial charge in [-0.15, -0.1) is 0 Å². The van der Waals surface area contributed by atoms with Gasteiger partial charge in [0.15, 0.2) is 18.0 Å². The number of oxazole rings is 1. The maximum Gasteiger partial charge on any atom is 0.233 e. The highest BCUT2D eigenvalue weighted by molar-refractivity contribution is 9.10. The van der Waals surface area contributed by atoms with E-state index in [0.717, 1.165) is 34.1 Å². The zero-order valence-electron chi connectivity index (χ0n) is 11.0. The Morgan fingerprint density at radius 3 is 2.80 bits per heavy atom. The second-order valence-electron chi connectivity index (χ2n) is 4.47. The van der Waals surface area contributed by atoms with Crippen LogP contribution in [0.3, 0.4) is 0 Å². The molecule has 0 aliphatic heterocycles. The van der Waals surface area contributed by atoms with Gasteiger partial charge in [-0.05, 0) is 34.1 Å². The molecule has 0 unspecified atom stereocenters. The number of hydrogen-bond acceptors (Lipinski definition) is 2. The van der Waals surface area contributed by atoms with Crippen molar-refractivity contribution in [3.8, 4) is 11.5 Å². The molecule has 2 heterocycles. The number of rotatable bonds is 3. The highest BCUT2D eigenvalue weighted by Gasteiger charge is 2.13. The van der Waals surface area contributed by atoms with Crippen molar-refractivity contribution in [1.82, 2.24) is 4.98 Å². The van der Waals surface area contributed by atoms with Gasteiger partial charge in [-0.2, -0.15) is 0 Å². The van der Waals surface area contributed by atoms with Gasteiger partial charge in [0, 0.05) is 6.42 Å². The molecule has 0 atom stereocenters. The van der Waals surface area contributed by atoms with Crippen molar-refractivity contribution in [3.05, 3.63) is 47.2 Å². The second kappa shape index (κ2) is 6.67. The third kappa shape index (κ3) is 3.20. The van der Waals surface area contributed by atoms with Crippen LogP contribution in [0.5, 0.6) is 0 Å². The molecule has 20 heavy (non-hydrogen) atoms. The number of hydrogen-bond donors (Lipinski definition) is 0. The maximum absolute atomic E-state index is 5.80. The molecule has 3 nitrogen and oxygen atoms in total. The summed E-state index contributed by atoms with van der Waals surface area (Å²) in [5.41, 5.74) is 2.69. The fraction of sp³-hybridized carbons (Fsp3) is 0.200. The van der Waals surface area contributed by atoms with Gasteiger partial charge in [-0.25, -0.2) is 9.55 Å². The SMILES string of the molecule is CCC[n+]1cc(Br)cc(-c2nc3ccccc3o2)c1.[I-]. The summed E-state index contributed by atoms with van der Waals surface area (Å²) in [6.07, 6.45) is 5.22. The average Bonchev–Trinajstić information content (AvgIpc) is 2.82. The third-order valence-electron chi connectivity index (χ3n) is 2.91. The van der Waals surface area contributed by atoms with Gasteiger partial charge in [0.2, 0.25) is 5.89 Å². The Labute approximate surface area is 143 Å². The molecule has 0 saturated heterocycles. The molecule has 0 spiro atoms. The normalized spacial score (nSPS) is 10.5. The Morgan fingerprint density at radius 1 is 1.25 bits per heavy atom. The molecule has 0 aliphatic rings. The maximum atomic E-state index is 5.80. The molecule has 5 heteroatoms. The van der Waals surface area contributed by atoms with Crippen LogP contribution >= 0.6 is 15.9 Å². The fourth-order valence-electron chi connectivity index (χ4n) is 2.10. The summed E-state index contributed by atoms with van der Waals surface area (Å²) in [5, 5.41) is 0. The molecule has 0 N–H and O–H groups in total. The molecule has 0 amide bonds. The zero-order valence-corrected chi connectivity index (χ0v) is 14.8. The molecule has 3 rings (SSSR count). The van der Waals surface area contributed by atoms with Gasteiger partial charge in [-0.3, -0.25) is 0 Å². The molecule has 2 aromatic heterocycles. The first-order valence-electron chi connectivity index (χ1n) is 6.32. The molecule has 104 valence electrons. The van der Waals surface area contributed by atoms with E-state index in [4.69, 9.17) is 4.42 Å². The lowest BCUT2D eigenvalue weighted by atomic mass is 10.3. The van der Waals surface area contributed by atoms with Crippen LogP contribution in [-0.2, 0) is 6.54 Å². The Bertz CT molecular complexity index is 694. The van der Waals surface area contributed by atoms with Gasteiger partial charge in [0.05, 0.1) is 4.47 Å². The third-order valence-corrected chi connectivity index (χ3v) is 3.34. The Hall–Kier alpha value is -0.950. The topological polar surface area (TPSA) is 29.9 Å². The van der Waals surface area contributed by atoms with E-state index in [0.29, 0.717) is 5.89 Å². The standard InChI is InChI=1S/C15H14BrN2O.HI/c1-2-7-18-9-11(8-12(16)10-18)15-17-13-5-3-4-6-14(13)19-15;/h3-6,8-10H,2,7H2,1H3;1H/q+1;/p-1. The van der Waals surface area contributed by atoms with E-state index in [2.05, 4.69) is 44.8 Å². The predicted molar refractivity (Wildman–Crippen MR) is 77.6 cm³/mol. The Balaban J connectivity index is 0.00000147. The minimum absolute atomic E-state index is 0. The summed E-state index contributed by atoms with van der Waals surface area (Å²) >= 11 is 3.53. The van der Waals surface area contributed by atoms with Crippen molar-refractivity contribution in [2.45, 2.75) is 19.9 Å². The van der Waals surface area contributed by atoms with Crippen LogP contribution in [-0.4, -0.2) is 4.98 Å². The quantitative estimate of drug-likeness (QED) is 0.445. The zero-order chi connectivity index (χ0) is 13.2. The summed E-state index contributed by atoms with van der Waals surface area (Å²) in [6.45, 7) is 3.14. The number of para-hydroxylation sites is 2. The number of nitrogens with zero attached hydrogens (tertiary/aromatic N) is 2. The molecule has 0 fully saturated rings. The van der Waals surface area contributed by atoms with Gasteiger partial charge in [0.25, 0.3) is 0 Å². The van der Waals surface area contributed by atoms with Crippen LogP contribution in [0.1, 0.15) is 13.3 Å². The van der Waals surface area contributed by atoms with Crippen LogP contribution in [0.25, 0.3) is 22.6 Å². The van der Waals surface area contributed by atoms with Gasteiger partial charge in [-0.1, -0.05) is 19.1 Å². The molecular weight excluding hydrogens is 431 g/mol. The largest absolute Gasteiger partial charge is 1.00 e. The highest BCUT2D eigenvalue weighted by Crippen LogP contribution is 2.24. The molecule has 0 saturated carbocycles. The smallest absolute Gasteiger partial charge is 0.233 e. The van der Waals surface area contributed by atoms with Crippen molar-refractivity contribution in [3.63, 3.8) is 0 Å². The number of aromatic nitrogens is 2. The van der Waals surface area contributed by atoms with Crippen LogP contribution in [0, 0.1) is 0 Å². The van der Waals surface area contributed by atoms with E-state index in [-0.39, 0.29) is 24.0 Å². The number of pyridine rings is 1. The van der Waals surface area contributed by atoms with Crippen molar-refractivity contribution in [1.29, 1.82) is 0 Å². The van der Waals surface area contributed by atoms with E-state index in [1.165, 1.54) is 0 Å². The first-order chi connectivity index (χ1) is 9.26. The summed E-state index contributed by atoms with van der Waals surface area (Å²) in [4.78, 5) is 4.52. The van der Waals surface area contributed by atoms with Crippen LogP contribution in [0.4, 0.5) is 0 Å². The number of aryl methyl sites for hydroxylation is 1. The molecule has 0 radical (unpaired) electrons. The van der Waals surface area contributed by atoms with E-state index in [1.807, 2.05) is 30.3 Å². The summed E-state index contributed by atoms with van der Waals surface area (Å²) in [5.74, 6) is 0.660. The van der Waals surface area contributed by atoms with Crippen molar-refractivity contribution < 1.29 is 33.0 Å². The summed E-state index contributed by atoms with van der Waals surface area (Å²) < 4.78 is 8.97. The predicted octanol–water partition coefficient (Wildman–Crippen LogP) is 0.959. The Kier molecular flexibility index (Phi) is 5.15. The fourth-order valence-corrected chi connectivity index (χ4v) is 2.61. The van der Waals surface area contributed by atoms with Gasteiger partial charge in [0.1, 0.15) is 17.6 Å². The van der Waals surface area contributed by atoms with Gasteiger partial charge < -0.3 is 28.4 Å². The number of benzene rings is 1. The van der Waals surface area contributed by atoms with E-state index < -0.39 is 0 Å². The first-order valence-corrected chi connectivity index (χ1v) is 7.11. The number of halogens is 2. The van der Waals surface area contributed by atoms with E-state index in [9.17, 15) is 0 Å². The lowest BCUT2D eigenvalue weighted by molar-refractivity contribution is -0.697. The van der Waals surface area contributed by atoms with E-state index in [1.54, 1.807) is 0 Å². The van der Waals surface area contributed by atoms with Crippen LogP contribution < -0.4 is 28.5 Å². The minimum Gasteiger partial charge on any atom is -1.00 e. The lowest BCUT2D eigenvalue weighted by Gasteiger charge is -1.98. The average molecular weight is 445 g/mol. The molecular formula is C15H14BrIN2O. The molecule has 0 aliphatic carbocycles. The van der Waals surface area contributed by atoms with Crippen LogP contribution in [0.2, 0.25) is 0 Å².